The van der Waals surface area contributed by atoms with Crippen molar-refractivity contribution in [3.63, 3.8) is 0 Å². The molecule has 0 saturated heterocycles. The summed E-state index contributed by atoms with van der Waals surface area (Å²) in [5, 5.41) is 3.57. The Bertz CT molecular complexity index is 436. The zero-order valence-electron chi connectivity index (χ0n) is 8.93. The summed E-state index contributed by atoms with van der Waals surface area (Å²) in [6.45, 7) is 0. The van der Waals surface area contributed by atoms with Crippen LogP contribution in [0.1, 0.15) is 16.1 Å². The van der Waals surface area contributed by atoms with E-state index in [-0.39, 0.29) is 0 Å². The molecule has 2 amide bonds. The highest BCUT2D eigenvalue weighted by Crippen LogP contribution is 2.06. The maximum Gasteiger partial charge on any atom is 0.354 e. The number of carbonyl (C=O) groups excluding carboxylic acids is 2. The number of aromatic nitrogens is 1. The van der Waals surface area contributed by atoms with Crippen molar-refractivity contribution in [3.05, 3.63) is 23.5 Å². The van der Waals surface area contributed by atoms with Crippen LogP contribution in [-0.2, 0) is 11.8 Å². The molecule has 1 rings (SSSR count). The highest BCUT2D eigenvalue weighted by atomic mass is 16.5. The number of urea groups is 1. The van der Waals surface area contributed by atoms with Gasteiger partial charge in [0, 0.05) is 18.8 Å². The second-order valence-corrected chi connectivity index (χ2v) is 3.00. The minimum atomic E-state index is -0.750. The molecule has 1 aromatic heterocycles. The number of hydrazone groups is 1. The molecule has 0 saturated carbocycles. The molecular weight excluding hydrogens is 212 g/mol. The van der Waals surface area contributed by atoms with Gasteiger partial charge in [0.2, 0.25) is 0 Å². The number of primary amides is 1. The number of ether oxygens (including phenoxy) is 1. The summed E-state index contributed by atoms with van der Waals surface area (Å²) in [6, 6.07) is 0.832. The highest BCUT2D eigenvalue weighted by molar-refractivity contribution is 5.91. The molecule has 0 aromatic carbocycles. The predicted molar refractivity (Wildman–Crippen MR) is 57.1 cm³/mol. The third-order valence-electron chi connectivity index (χ3n) is 1.81. The fourth-order valence-corrected chi connectivity index (χ4v) is 1.14. The number of nitrogens with zero attached hydrogens (tertiary/aromatic N) is 2. The van der Waals surface area contributed by atoms with E-state index in [0.717, 1.165) is 0 Å². The van der Waals surface area contributed by atoms with E-state index >= 15 is 0 Å². The lowest BCUT2D eigenvalue weighted by molar-refractivity contribution is 0.0590. The number of nitrogens with one attached hydrogen (secondary N) is 1. The molecule has 0 aliphatic heterocycles. The van der Waals surface area contributed by atoms with Gasteiger partial charge < -0.3 is 15.0 Å². The monoisotopic (exact) mass is 224 g/mol. The van der Waals surface area contributed by atoms with Gasteiger partial charge in [0.15, 0.2) is 0 Å². The number of aryl methyl sites for hydroxylation is 1. The lowest BCUT2D eigenvalue weighted by Crippen LogP contribution is -2.24. The average Bonchev–Trinajstić information content (AvgIpc) is 2.58. The molecule has 1 heterocycles. The maximum absolute atomic E-state index is 11.3. The topological polar surface area (TPSA) is 98.7 Å². The van der Waals surface area contributed by atoms with E-state index in [9.17, 15) is 9.59 Å². The Morgan fingerprint density at radius 1 is 1.62 bits per heavy atom. The maximum atomic E-state index is 11.3. The predicted octanol–water partition coefficient (Wildman–Crippen LogP) is -0.186. The number of amides is 2. The second kappa shape index (κ2) is 4.96. The van der Waals surface area contributed by atoms with Gasteiger partial charge in [-0.25, -0.2) is 15.0 Å². The van der Waals surface area contributed by atoms with Crippen molar-refractivity contribution in [1.82, 2.24) is 9.99 Å². The second-order valence-electron chi connectivity index (χ2n) is 3.00. The summed E-state index contributed by atoms with van der Waals surface area (Å²) >= 11 is 0. The quantitative estimate of drug-likeness (QED) is 0.423. The average molecular weight is 224 g/mol. The van der Waals surface area contributed by atoms with E-state index in [0.29, 0.717) is 11.3 Å². The number of rotatable bonds is 3. The fourth-order valence-electron chi connectivity index (χ4n) is 1.14. The first-order valence-electron chi connectivity index (χ1n) is 4.37. The van der Waals surface area contributed by atoms with Crippen molar-refractivity contribution in [2.24, 2.45) is 17.9 Å². The number of carbonyl (C=O) groups is 2. The summed E-state index contributed by atoms with van der Waals surface area (Å²) in [5.41, 5.74) is 7.91. The largest absolute Gasteiger partial charge is 0.464 e. The molecule has 0 radical (unpaired) electrons. The number of esters is 1. The molecule has 0 fully saturated rings. The Morgan fingerprint density at radius 2 is 2.31 bits per heavy atom. The van der Waals surface area contributed by atoms with Crippen LogP contribution in [0.5, 0.6) is 0 Å². The lowest BCUT2D eigenvalue weighted by Gasteiger charge is -1.98. The van der Waals surface area contributed by atoms with Crippen LogP contribution in [-0.4, -0.2) is 29.9 Å². The Balaban J connectivity index is 2.80. The van der Waals surface area contributed by atoms with E-state index in [1.807, 2.05) is 5.43 Å². The van der Waals surface area contributed by atoms with Crippen LogP contribution in [0, 0.1) is 0 Å². The molecule has 7 heteroatoms. The van der Waals surface area contributed by atoms with Crippen molar-refractivity contribution in [1.29, 1.82) is 0 Å². The van der Waals surface area contributed by atoms with Crippen LogP contribution in [0.3, 0.4) is 0 Å². The van der Waals surface area contributed by atoms with Gasteiger partial charge in [-0.05, 0) is 6.07 Å². The molecule has 86 valence electrons. The molecule has 1 aromatic rings. The van der Waals surface area contributed by atoms with Crippen molar-refractivity contribution in [2.75, 3.05) is 7.11 Å². The van der Waals surface area contributed by atoms with Gasteiger partial charge in [-0.2, -0.15) is 5.10 Å². The van der Waals surface area contributed by atoms with Gasteiger partial charge >= 0.3 is 12.0 Å². The Labute approximate surface area is 91.9 Å². The molecule has 0 aliphatic carbocycles. The Kier molecular flexibility index (Phi) is 3.65. The standard InChI is InChI=1S/C9H12N4O3/c1-13-5-6(4-11-12-9(10)15)3-7(13)8(14)16-2/h3-5H,1-2H3,(H3,10,12,15)/b11-4+. The van der Waals surface area contributed by atoms with E-state index in [2.05, 4.69) is 9.84 Å². The SMILES string of the molecule is COC(=O)c1cc(/C=N/NC(N)=O)cn1C. The molecule has 0 bridgehead atoms. The summed E-state index contributed by atoms with van der Waals surface area (Å²) < 4.78 is 6.17. The Morgan fingerprint density at radius 3 is 2.88 bits per heavy atom. The van der Waals surface area contributed by atoms with E-state index < -0.39 is 12.0 Å². The summed E-state index contributed by atoms with van der Waals surface area (Å²) in [5.74, 6) is -0.440. The van der Waals surface area contributed by atoms with E-state index in [1.54, 1.807) is 23.9 Å². The zero-order chi connectivity index (χ0) is 12.1. The van der Waals surface area contributed by atoms with Gasteiger partial charge in [0.1, 0.15) is 5.69 Å². The number of hydrogen-bond acceptors (Lipinski definition) is 4. The number of hydrogen-bond donors (Lipinski definition) is 2. The highest BCUT2D eigenvalue weighted by Gasteiger charge is 2.10. The van der Waals surface area contributed by atoms with Crippen LogP contribution >= 0.6 is 0 Å². The first-order valence-corrected chi connectivity index (χ1v) is 4.37. The molecule has 0 aliphatic rings. The smallest absolute Gasteiger partial charge is 0.354 e. The van der Waals surface area contributed by atoms with Crippen LogP contribution in [0.4, 0.5) is 4.79 Å². The molecule has 3 N–H and O–H groups in total. The molecule has 16 heavy (non-hydrogen) atoms. The fraction of sp³-hybridized carbons (Fsp3) is 0.222. The van der Waals surface area contributed by atoms with Crippen LogP contribution < -0.4 is 11.2 Å². The van der Waals surface area contributed by atoms with Crippen LogP contribution in [0.2, 0.25) is 0 Å². The lowest BCUT2D eigenvalue weighted by atomic mass is 10.3. The first-order chi connectivity index (χ1) is 7.54. The Hall–Kier alpha value is -2.31. The van der Waals surface area contributed by atoms with Crippen molar-refractivity contribution in [3.8, 4) is 0 Å². The van der Waals surface area contributed by atoms with Crippen LogP contribution in [0.15, 0.2) is 17.4 Å². The van der Waals surface area contributed by atoms with Crippen molar-refractivity contribution in [2.45, 2.75) is 0 Å². The molecule has 0 unspecified atom stereocenters. The van der Waals surface area contributed by atoms with Gasteiger partial charge in [-0.3, -0.25) is 0 Å². The third-order valence-corrected chi connectivity index (χ3v) is 1.81. The summed E-state index contributed by atoms with van der Waals surface area (Å²) in [7, 11) is 3.00. The molecule has 7 nitrogen and oxygen atoms in total. The summed E-state index contributed by atoms with van der Waals surface area (Å²) in [6.07, 6.45) is 3.04. The van der Waals surface area contributed by atoms with Crippen LogP contribution in [0.25, 0.3) is 0 Å². The third kappa shape index (κ3) is 2.84. The van der Waals surface area contributed by atoms with Crippen molar-refractivity contribution >= 4 is 18.2 Å². The molecular formula is C9H12N4O3. The minimum Gasteiger partial charge on any atom is -0.464 e. The number of nitrogens with two attached hydrogens (primary N) is 1. The van der Waals surface area contributed by atoms with Gasteiger partial charge in [-0.1, -0.05) is 0 Å². The molecule has 0 atom stereocenters. The van der Waals surface area contributed by atoms with Gasteiger partial charge in [-0.15, -0.1) is 0 Å². The van der Waals surface area contributed by atoms with E-state index in [4.69, 9.17) is 5.73 Å². The van der Waals surface area contributed by atoms with Gasteiger partial charge in [0.25, 0.3) is 0 Å². The normalized spacial score (nSPS) is 10.4. The van der Waals surface area contributed by atoms with Crippen molar-refractivity contribution < 1.29 is 14.3 Å². The molecule has 0 spiro atoms. The van der Waals surface area contributed by atoms with Gasteiger partial charge in [0.05, 0.1) is 13.3 Å². The minimum absolute atomic E-state index is 0.392. The number of methoxy groups -OCH3 is 1. The zero-order valence-corrected chi connectivity index (χ0v) is 8.93. The summed E-state index contributed by atoms with van der Waals surface area (Å²) in [4.78, 5) is 21.6. The first kappa shape index (κ1) is 11.8. The van der Waals surface area contributed by atoms with E-state index in [1.165, 1.54) is 13.3 Å².